The number of nitrogens with one attached hydrogen (secondary N) is 1. The average Bonchev–Trinajstić information content (AvgIpc) is 3.08. The van der Waals surface area contributed by atoms with E-state index in [0.29, 0.717) is 41.6 Å². The van der Waals surface area contributed by atoms with Gasteiger partial charge in [-0.1, -0.05) is 18.2 Å². The van der Waals surface area contributed by atoms with Gasteiger partial charge in [-0.15, -0.1) is 11.3 Å². The molecule has 0 aliphatic rings. The first kappa shape index (κ1) is 24.4. The molecular formula is C23H30N2O5S. The van der Waals surface area contributed by atoms with Crippen LogP contribution in [0.4, 0.5) is 5.00 Å². The third-order valence-electron chi connectivity index (χ3n) is 4.68. The molecule has 2 rings (SSSR count). The third-order valence-corrected chi connectivity index (χ3v) is 5.88. The van der Waals surface area contributed by atoms with E-state index >= 15 is 0 Å². The molecule has 0 unspecified atom stereocenters. The van der Waals surface area contributed by atoms with Crippen molar-refractivity contribution >= 4 is 34.1 Å². The maximum absolute atomic E-state index is 12.9. The fraction of sp³-hybridized carbons (Fsp3) is 0.435. The van der Waals surface area contributed by atoms with Gasteiger partial charge in [-0.2, -0.15) is 0 Å². The van der Waals surface area contributed by atoms with Crippen molar-refractivity contribution in [1.29, 1.82) is 0 Å². The molecule has 0 saturated carbocycles. The minimum Gasteiger partial charge on any atom is -0.494 e. The van der Waals surface area contributed by atoms with Crippen LogP contribution < -0.4 is 10.1 Å². The molecule has 31 heavy (non-hydrogen) atoms. The van der Waals surface area contributed by atoms with Gasteiger partial charge in [-0.3, -0.25) is 9.59 Å². The summed E-state index contributed by atoms with van der Waals surface area (Å²) in [5.74, 6) is -0.196. The van der Waals surface area contributed by atoms with Crippen LogP contribution in [0.5, 0.6) is 5.75 Å². The molecule has 0 aliphatic carbocycles. The molecule has 0 spiro atoms. The highest BCUT2D eigenvalue weighted by molar-refractivity contribution is 7.18. The van der Waals surface area contributed by atoms with Gasteiger partial charge in [-0.05, 0) is 51.8 Å². The van der Waals surface area contributed by atoms with E-state index in [-0.39, 0.29) is 30.4 Å². The van der Waals surface area contributed by atoms with Crippen molar-refractivity contribution < 1.29 is 23.9 Å². The van der Waals surface area contributed by atoms with E-state index in [0.717, 1.165) is 17.1 Å². The number of rotatable bonds is 11. The van der Waals surface area contributed by atoms with E-state index in [9.17, 15) is 14.4 Å². The summed E-state index contributed by atoms with van der Waals surface area (Å²) >= 11 is 1.12. The smallest absolute Gasteiger partial charge is 0.341 e. The standard InChI is InChI=1S/C23H30N2O5S/c1-5-25(6-2)22(27)20-16(4)19(23(28)29-7-3)21(31-20)24-18(26)14-11-15-30-17-12-9-8-10-13-17/h8-10,12-13H,5-7,11,14-15H2,1-4H3,(H,24,26). The van der Waals surface area contributed by atoms with Gasteiger partial charge >= 0.3 is 5.97 Å². The number of thiophene rings is 1. The van der Waals surface area contributed by atoms with Crippen molar-refractivity contribution in [3.8, 4) is 5.75 Å². The zero-order chi connectivity index (χ0) is 22.8. The molecule has 2 amide bonds. The summed E-state index contributed by atoms with van der Waals surface area (Å²) in [6.07, 6.45) is 0.746. The Bertz CT molecular complexity index is 891. The summed E-state index contributed by atoms with van der Waals surface area (Å²) in [7, 11) is 0. The summed E-state index contributed by atoms with van der Waals surface area (Å²) in [4.78, 5) is 40.0. The van der Waals surface area contributed by atoms with Crippen molar-refractivity contribution in [3.63, 3.8) is 0 Å². The number of nitrogens with zero attached hydrogens (tertiary/aromatic N) is 1. The number of carbonyl (C=O) groups excluding carboxylic acids is 3. The monoisotopic (exact) mass is 446 g/mol. The van der Waals surface area contributed by atoms with Crippen LogP contribution in [0.2, 0.25) is 0 Å². The fourth-order valence-corrected chi connectivity index (χ4v) is 4.22. The van der Waals surface area contributed by atoms with E-state index in [1.807, 2.05) is 44.2 Å². The Labute approximate surface area is 187 Å². The quantitative estimate of drug-likeness (QED) is 0.405. The molecule has 7 nitrogen and oxygen atoms in total. The molecule has 2 aromatic rings. The van der Waals surface area contributed by atoms with Crippen molar-refractivity contribution in [2.24, 2.45) is 0 Å². The predicted molar refractivity (Wildman–Crippen MR) is 122 cm³/mol. The van der Waals surface area contributed by atoms with Crippen LogP contribution in [-0.4, -0.2) is 49.0 Å². The number of benzene rings is 1. The number of anilines is 1. The first-order valence-corrected chi connectivity index (χ1v) is 11.3. The van der Waals surface area contributed by atoms with Crippen LogP contribution >= 0.6 is 11.3 Å². The Balaban J connectivity index is 2.10. The van der Waals surface area contributed by atoms with Gasteiger partial charge in [0.1, 0.15) is 10.8 Å². The number of hydrogen-bond donors (Lipinski definition) is 1. The Morgan fingerprint density at radius 1 is 1.06 bits per heavy atom. The van der Waals surface area contributed by atoms with Gasteiger partial charge in [0.05, 0.1) is 23.7 Å². The summed E-state index contributed by atoms with van der Waals surface area (Å²) in [5, 5.41) is 3.14. The molecule has 0 radical (unpaired) electrons. The molecular weight excluding hydrogens is 416 g/mol. The summed E-state index contributed by atoms with van der Waals surface area (Å²) in [6, 6.07) is 9.39. The van der Waals surface area contributed by atoms with Crippen molar-refractivity contribution in [2.75, 3.05) is 31.6 Å². The topological polar surface area (TPSA) is 84.9 Å². The highest BCUT2D eigenvalue weighted by Gasteiger charge is 2.28. The second kappa shape index (κ2) is 12.1. The lowest BCUT2D eigenvalue weighted by Crippen LogP contribution is -2.30. The van der Waals surface area contributed by atoms with Gasteiger partial charge in [0, 0.05) is 19.5 Å². The highest BCUT2D eigenvalue weighted by Crippen LogP contribution is 2.34. The second-order valence-electron chi connectivity index (χ2n) is 6.77. The van der Waals surface area contributed by atoms with Crippen LogP contribution in [0.1, 0.15) is 59.2 Å². The van der Waals surface area contributed by atoms with Gasteiger partial charge in [-0.25, -0.2) is 4.79 Å². The zero-order valence-corrected chi connectivity index (χ0v) is 19.3. The number of esters is 1. The van der Waals surface area contributed by atoms with Crippen LogP contribution in [0.3, 0.4) is 0 Å². The maximum Gasteiger partial charge on any atom is 0.341 e. The van der Waals surface area contributed by atoms with Crippen LogP contribution in [0, 0.1) is 6.92 Å². The SMILES string of the molecule is CCOC(=O)c1c(NC(=O)CCCOc2ccccc2)sc(C(=O)N(CC)CC)c1C. The number of amides is 2. The molecule has 0 bridgehead atoms. The summed E-state index contributed by atoms with van der Waals surface area (Å²) in [6.45, 7) is 8.95. The van der Waals surface area contributed by atoms with E-state index in [4.69, 9.17) is 9.47 Å². The van der Waals surface area contributed by atoms with Crippen molar-refractivity contribution in [2.45, 2.75) is 40.5 Å². The number of hydrogen-bond acceptors (Lipinski definition) is 6. The molecule has 8 heteroatoms. The Hall–Kier alpha value is -2.87. The first-order valence-electron chi connectivity index (χ1n) is 10.5. The second-order valence-corrected chi connectivity index (χ2v) is 7.79. The molecule has 1 heterocycles. The lowest BCUT2D eigenvalue weighted by molar-refractivity contribution is -0.116. The minimum absolute atomic E-state index is 0.158. The molecule has 168 valence electrons. The van der Waals surface area contributed by atoms with E-state index in [2.05, 4.69) is 5.32 Å². The summed E-state index contributed by atoms with van der Waals surface area (Å²) in [5.41, 5.74) is 0.777. The average molecular weight is 447 g/mol. The van der Waals surface area contributed by atoms with Gasteiger partial charge in [0.25, 0.3) is 5.91 Å². The van der Waals surface area contributed by atoms with Gasteiger partial charge < -0.3 is 19.7 Å². The maximum atomic E-state index is 12.9. The number of ether oxygens (including phenoxy) is 2. The summed E-state index contributed by atoms with van der Waals surface area (Å²) < 4.78 is 10.8. The molecule has 0 fully saturated rings. The number of para-hydroxylation sites is 1. The van der Waals surface area contributed by atoms with Gasteiger partial charge in [0.2, 0.25) is 5.91 Å². The largest absolute Gasteiger partial charge is 0.494 e. The van der Waals surface area contributed by atoms with E-state index < -0.39 is 5.97 Å². The minimum atomic E-state index is -0.544. The Morgan fingerprint density at radius 3 is 2.35 bits per heavy atom. The molecule has 0 atom stereocenters. The normalized spacial score (nSPS) is 10.5. The zero-order valence-electron chi connectivity index (χ0n) is 18.5. The van der Waals surface area contributed by atoms with Crippen molar-refractivity contribution in [3.05, 3.63) is 46.3 Å². The van der Waals surface area contributed by atoms with Crippen LogP contribution in [-0.2, 0) is 9.53 Å². The van der Waals surface area contributed by atoms with E-state index in [1.165, 1.54) is 0 Å². The fourth-order valence-electron chi connectivity index (χ4n) is 3.04. The Kier molecular flexibility index (Phi) is 9.52. The highest BCUT2D eigenvalue weighted by atomic mass is 32.1. The lowest BCUT2D eigenvalue weighted by atomic mass is 10.1. The lowest BCUT2D eigenvalue weighted by Gasteiger charge is -2.18. The van der Waals surface area contributed by atoms with Crippen LogP contribution in [0.25, 0.3) is 0 Å². The van der Waals surface area contributed by atoms with Crippen molar-refractivity contribution in [1.82, 2.24) is 4.90 Å². The molecule has 1 aromatic heterocycles. The predicted octanol–water partition coefficient (Wildman–Crippen LogP) is 4.51. The van der Waals surface area contributed by atoms with Gasteiger partial charge in [0.15, 0.2) is 0 Å². The first-order chi connectivity index (χ1) is 14.9. The van der Waals surface area contributed by atoms with Crippen LogP contribution in [0.15, 0.2) is 30.3 Å². The number of carbonyl (C=O) groups is 3. The molecule has 0 aliphatic heterocycles. The third kappa shape index (κ3) is 6.55. The molecule has 1 aromatic carbocycles. The molecule has 1 N–H and O–H groups in total. The molecule has 0 saturated heterocycles. The Morgan fingerprint density at radius 2 is 1.74 bits per heavy atom. The van der Waals surface area contributed by atoms with E-state index in [1.54, 1.807) is 18.7 Å².